The van der Waals surface area contributed by atoms with Crippen LogP contribution in [0.5, 0.6) is 0 Å². The molecule has 1 aliphatic rings. The molecule has 10 heteroatoms. The van der Waals surface area contributed by atoms with Crippen molar-refractivity contribution in [1.29, 1.82) is 0 Å². The Morgan fingerprint density at radius 3 is 3.07 bits per heavy atom. The molecule has 4 heterocycles. The van der Waals surface area contributed by atoms with E-state index in [1.807, 2.05) is 12.1 Å². The lowest BCUT2D eigenvalue weighted by molar-refractivity contribution is 0.0690. The van der Waals surface area contributed by atoms with Gasteiger partial charge in [0.05, 0.1) is 6.20 Å². The van der Waals surface area contributed by atoms with Crippen LogP contribution in [0.3, 0.4) is 0 Å². The highest BCUT2D eigenvalue weighted by Gasteiger charge is 2.23. The molecule has 1 atom stereocenters. The molecule has 140 valence electrons. The van der Waals surface area contributed by atoms with Crippen molar-refractivity contribution < 1.29 is 14.4 Å². The monoisotopic (exact) mass is 369 g/mol. The number of anilines is 1. The van der Waals surface area contributed by atoms with Crippen LogP contribution in [0.4, 0.5) is 5.82 Å². The summed E-state index contributed by atoms with van der Waals surface area (Å²) in [7, 11) is 0. The maximum Gasteiger partial charge on any atom is 0.358 e. The van der Waals surface area contributed by atoms with Gasteiger partial charge in [-0.05, 0) is 37.8 Å². The molecule has 3 aromatic rings. The summed E-state index contributed by atoms with van der Waals surface area (Å²) in [5.41, 5.74) is 0.803. The molecule has 27 heavy (non-hydrogen) atoms. The summed E-state index contributed by atoms with van der Waals surface area (Å²) >= 11 is 0. The van der Waals surface area contributed by atoms with Crippen molar-refractivity contribution in [3.05, 3.63) is 36.0 Å². The molecule has 0 aromatic carbocycles. The topological polar surface area (TPSA) is 123 Å². The second-order valence-corrected chi connectivity index (χ2v) is 6.63. The average Bonchev–Trinajstić information content (AvgIpc) is 3.31. The number of piperidine rings is 1. The van der Waals surface area contributed by atoms with E-state index in [2.05, 4.69) is 30.3 Å². The molecule has 10 nitrogen and oxygen atoms in total. The fraction of sp³-hybridized carbons (Fsp3) is 0.412. The van der Waals surface area contributed by atoms with Gasteiger partial charge in [-0.25, -0.2) is 9.78 Å². The number of nitrogens with zero attached hydrogens (tertiary/aromatic N) is 7. The molecule has 1 fully saturated rings. The number of rotatable bonds is 5. The number of hydrogen-bond donors (Lipinski definition) is 1. The highest BCUT2D eigenvalue weighted by molar-refractivity contribution is 5.84. The maximum atomic E-state index is 10.9. The second-order valence-electron chi connectivity index (χ2n) is 6.63. The Hall–Kier alpha value is -3.30. The first-order valence-corrected chi connectivity index (χ1v) is 8.73. The van der Waals surface area contributed by atoms with Crippen molar-refractivity contribution in [2.45, 2.75) is 26.3 Å². The average molecular weight is 369 g/mol. The second kappa shape index (κ2) is 7.14. The van der Waals surface area contributed by atoms with Crippen LogP contribution in [0.15, 0.2) is 29.0 Å². The minimum absolute atomic E-state index is 0.0353. The van der Waals surface area contributed by atoms with Crippen LogP contribution in [-0.4, -0.2) is 54.3 Å². The fourth-order valence-corrected chi connectivity index (χ4v) is 3.31. The number of aromatic nitrogens is 6. The lowest BCUT2D eigenvalue weighted by Crippen LogP contribution is -2.37. The normalized spacial score (nSPS) is 17.2. The Balaban J connectivity index is 1.47. The Bertz CT molecular complexity index is 951. The van der Waals surface area contributed by atoms with Crippen molar-refractivity contribution >= 4 is 11.8 Å². The van der Waals surface area contributed by atoms with Crippen LogP contribution >= 0.6 is 0 Å². The number of hydrogen-bond acceptors (Lipinski definition) is 8. The number of aromatic carboxylic acids is 1. The Morgan fingerprint density at radius 1 is 1.44 bits per heavy atom. The van der Waals surface area contributed by atoms with Gasteiger partial charge in [0.2, 0.25) is 0 Å². The van der Waals surface area contributed by atoms with Gasteiger partial charge in [0.25, 0.3) is 5.89 Å². The van der Waals surface area contributed by atoms with Crippen molar-refractivity contribution in [3.8, 4) is 11.5 Å². The van der Waals surface area contributed by atoms with Crippen molar-refractivity contribution in [2.75, 3.05) is 18.0 Å². The lowest BCUT2D eigenvalue weighted by Gasteiger charge is -2.33. The minimum Gasteiger partial charge on any atom is -0.476 e. The molecular weight excluding hydrogens is 350 g/mol. The maximum absolute atomic E-state index is 10.9. The van der Waals surface area contributed by atoms with E-state index in [-0.39, 0.29) is 5.69 Å². The third-order valence-electron chi connectivity index (χ3n) is 4.57. The smallest absolute Gasteiger partial charge is 0.358 e. The molecule has 0 aliphatic carbocycles. The zero-order valence-corrected chi connectivity index (χ0v) is 14.8. The third-order valence-corrected chi connectivity index (χ3v) is 4.57. The van der Waals surface area contributed by atoms with Crippen LogP contribution in [0.2, 0.25) is 0 Å². The molecule has 0 radical (unpaired) electrons. The van der Waals surface area contributed by atoms with Gasteiger partial charge < -0.3 is 14.5 Å². The first-order valence-electron chi connectivity index (χ1n) is 8.73. The van der Waals surface area contributed by atoms with Crippen LogP contribution in [0.25, 0.3) is 11.5 Å². The number of carbonyl (C=O) groups is 1. The quantitative estimate of drug-likeness (QED) is 0.715. The molecule has 0 amide bonds. The molecule has 1 N–H and O–H groups in total. The lowest BCUT2D eigenvalue weighted by atomic mass is 9.98. The summed E-state index contributed by atoms with van der Waals surface area (Å²) in [5.74, 6) is 1.20. The molecule has 3 aromatic heterocycles. The number of pyridine rings is 1. The number of carboxylic acids is 1. The van der Waals surface area contributed by atoms with E-state index >= 15 is 0 Å². The van der Waals surface area contributed by atoms with Gasteiger partial charge in [0, 0.05) is 31.4 Å². The predicted molar refractivity (Wildman–Crippen MR) is 94.2 cm³/mol. The summed E-state index contributed by atoms with van der Waals surface area (Å²) in [6, 6.07) is 3.80. The third kappa shape index (κ3) is 3.78. The van der Waals surface area contributed by atoms with Gasteiger partial charge >= 0.3 is 5.97 Å². The van der Waals surface area contributed by atoms with Gasteiger partial charge in [-0.2, -0.15) is 4.98 Å². The van der Waals surface area contributed by atoms with Gasteiger partial charge in [0.1, 0.15) is 5.82 Å². The first-order chi connectivity index (χ1) is 13.1. The molecule has 1 aliphatic heterocycles. The molecule has 0 saturated carbocycles. The largest absolute Gasteiger partial charge is 0.476 e. The Labute approximate surface area is 154 Å². The predicted octanol–water partition coefficient (Wildman–Crippen LogP) is 1.65. The molecule has 1 saturated heterocycles. The number of aryl methyl sites for hydroxylation is 1. The molecule has 0 bridgehead atoms. The zero-order chi connectivity index (χ0) is 18.8. The van der Waals surface area contributed by atoms with E-state index in [0.717, 1.165) is 37.3 Å². The molecule has 0 unspecified atom stereocenters. The Morgan fingerprint density at radius 2 is 2.33 bits per heavy atom. The van der Waals surface area contributed by atoms with Gasteiger partial charge in [-0.3, -0.25) is 4.68 Å². The fourth-order valence-electron chi connectivity index (χ4n) is 3.31. The number of carboxylic acid groups (broad SMARTS) is 1. The first kappa shape index (κ1) is 17.1. The van der Waals surface area contributed by atoms with Gasteiger partial charge in [-0.15, -0.1) is 5.10 Å². The van der Waals surface area contributed by atoms with Crippen LogP contribution in [0.1, 0.15) is 29.2 Å². The summed E-state index contributed by atoms with van der Waals surface area (Å²) < 4.78 is 6.84. The van der Waals surface area contributed by atoms with Gasteiger partial charge in [-0.1, -0.05) is 10.4 Å². The van der Waals surface area contributed by atoms with E-state index in [4.69, 9.17) is 9.63 Å². The molecular formula is C17H19N7O3. The Kier molecular flexibility index (Phi) is 4.53. The van der Waals surface area contributed by atoms with Crippen molar-refractivity contribution in [3.63, 3.8) is 0 Å². The molecule has 4 rings (SSSR count). The summed E-state index contributed by atoms with van der Waals surface area (Å²) in [4.78, 5) is 21.9. The van der Waals surface area contributed by atoms with E-state index in [0.29, 0.717) is 24.2 Å². The van der Waals surface area contributed by atoms with Crippen molar-refractivity contribution in [2.24, 2.45) is 5.92 Å². The summed E-state index contributed by atoms with van der Waals surface area (Å²) in [5, 5.41) is 20.4. The highest BCUT2D eigenvalue weighted by Crippen LogP contribution is 2.26. The van der Waals surface area contributed by atoms with Crippen molar-refractivity contribution in [1.82, 2.24) is 30.1 Å². The van der Waals surface area contributed by atoms with E-state index in [9.17, 15) is 4.79 Å². The summed E-state index contributed by atoms with van der Waals surface area (Å²) in [6.45, 7) is 4.12. The van der Waals surface area contributed by atoms with Crippen LogP contribution < -0.4 is 4.90 Å². The zero-order valence-electron chi connectivity index (χ0n) is 14.8. The van der Waals surface area contributed by atoms with Crippen LogP contribution in [0, 0.1) is 12.8 Å². The van der Waals surface area contributed by atoms with E-state index < -0.39 is 5.97 Å². The summed E-state index contributed by atoms with van der Waals surface area (Å²) in [6.07, 6.45) is 5.28. The SMILES string of the molecule is Cc1noc(-c2ccnc(N3CCC[C@H](Cn4cc(C(=O)O)nn4)C3)c2)n1. The standard InChI is InChI=1S/C17H19N7O3/c1-11-19-16(27-21-11)13-4-5-18-15(7-13)23-6-2-3-12(8-23)9-24-10-14(17(25)26)20-22-24/h4-5,7,10,12H,2-3,6,8-9H2,1H3,(H,25,26)/t12-/m0/s1. The highest BCUT2D eigenvalue weighted by atomic mass is 16.5. The van der Waals surface area contributed by atoms with E-state index in [1.165, 1.54) is 6.20 Å². The van der Waals surface area contributed by atoms with Gasteiger partial charge in [0.15, 0.2) is 11.5 Å². The molecule has 0 spiro atoms. The minimum atomic E-state index is -1.07. The van der Waals surface area contributed by atoms with Crippen LogP contribution in [-0.2, 0) is 6.54 Å². The van der Waals surface area contributed by atoms with E-state index in [1.54, 1.807) is 17.8 Å².